The van der Waals surface area contributed by atoms with Crippen LogP contribution in [0.2, 0.25) is 0 Å². The highest BCUT2D eigenvalue weighted by Gasteiger charge is 2.15. The Balaban J connectivity index is 1.82. The molecule has 0 saturated carbocycles. The molecule has 2 heteroatoms. The van der Waals surface area contributed by atoms with Crippen LogP contribution in [0.3, 0.4) is 0 Å². The maximum atomic E-state index is 2.77. The number of hydrogen-bond acceptors (Lipinski definition) is 2. The van der Waals surface area contributed by atoms with Crippen molar-refractivity contribution >= 4 is 0 Å². The van der Waals surface area contributed by atoms with Gasteiger partial charge in [-0.3, -0.25) is 0 Å². The van der Waals surface area contributed by atoms with E-state index in [1.54, 1.807) is 0 Å². The summed E-state index contributed by atoms with van der Waals surface area (Å²) in [6.45, 7) is 5.28. The van der Waals surface area contributed by atoms with Gasteiger partial charge in [0, 0.05) is 26.2 Å². The highest BCUT2D eigenvalue weighted by molar-refractivity contribution is 4.63. The van der Waals surface area contributed by atoms with Crippen LogP contribution in [0.15, 0.2) is 0 Å². The topological polar surface area (TPSA) is 6.48 Å². The third kappa shape index (κ3) is 9.42. The van der Waals surface area contributed by atoms with Gasteiger partial charge in [-0.2, -0.15) is 0 Å². The van der Waals surface area contributed by atoms with Crippen LogP contribution in [-0.4, -0.2) is 36.2 Å². The van der Waals surface area contributed by atoms with Gasteiger partial charge < -0.3 is 0 Å². The summed E-state index contributed by atoms with van der Waals surface area (Å²) in [6, 6.07) is 0. The molecule has 0 N–H and O–H groups in total. The summed E-state index contributed by atoms with van der Waals surface area (Å²) in [7, 11) is 0. The fraction of sp³-hybridized carbons (Fsp3) is 1.00. The Morgan fingerprint density at radius 2 is 0.375 bits per heavy atom. The molecule has 0 aromatic heterocycles. The molecular formula is C22H44N2. The summed E-state index contributed by atoms with van der Waals surface area (Å²) in [5, 5.41) is 5.54. The monoisotopic (exact) mass is 336 g/mol. The van der Waals surface area contributed by atoms with E-state index in [4.69, 9.17) is 0 Å². The quantitative estimate of drug-likeness (QED) is 0.535. The van der Waals surface area contributed by atoms with Gasteiger partial charge in [-0.25, -0.2) is 10.0 Å². The molecule has 0 unspecified atom stereocenters. The van der Waals surface area contributed by atoms with Crippen molar-refractivity contribution in [3.05, 3.63) is 0 Å². The largest absolute Gasteiger partial charge is 0.242 e. The maximum Gasteiger partial charge on any atom is 0.0133 e. The zero-order valence-corrected chi connectivity index (χ0v) is 16.5. The summed E-state index contributed by atoms with van der Waals surface area (Å²) in [5.41, 5.74) is 0. The fourth-order valence-corrected chi connectivity index (χ4v) is 4.44. The Hall–Kier alpha value is -0.0800. The first-order chi connectivity index (χ1) is 12.0. The van der Waals surface area contributed by atoms with Crippen LogP contribution in [0.25, 0.3) is 0 Å². The highest BCUT2D eigenvalue weighted by atomic mass is 15.6. The predicted octanol–water partition coefficient (Wildman–Crippen LogP) is 6.55. The number of hydrazine groups is 1. The Bertz CT molecular complexity index is 227. The minimum Gasteiger partial charge on any atom is -0.242 e. The molecule has 142 valence electrons. The molecule has 0 spiro atoms. The molecule has 2 saturated heterocycles. The lowest BCUT2D eigenvalue weighted by Crippen LogP contribution is -2.45. The molecule has 2 aliphatic heterocycles. The van der Waals surface area contributed by atoms with Crippen LogP contribution in [0, 0.1) is 0 Å². The van der Waals surface area contributed by atoms with Gasteiger partial charge in [0.2, 0.25) is 0 Å². The van der Waals surface area contributed by atoms with E-state index >= 15 is 0 Å². The lowest BCUT2D eigenvalue weighted by atomic mass is 10.1. The first kappa shape index (κ1) is 20.2. The summed E-state index contributed by atoms with van der Waals surface area (Å²) in [4.78, 5) is 0. The second-order valence-corrected chi connectivity index (χ2v) is 8.27. The average molecular weight is 337 g/mol. The van der Waals surface area contributed by atoms with Gasteiger partial charge in [0.05, 0.1) is 0 Å². The fourth-order valence-electron chi connectivity index (χ4n) is 4.44. The molecule has 0 aromatic carbocycles. The first-order valence-corrected chi connectivity index (χ1v) is 11.5. The van der Waals surface area contributed by atoms with E-state index in [-0.39, 0.29) is 0 Å². The van der Waals surface area contributed by atoms with E-state index < -0.39 is 0 Å². The lowest BCUT2D eigenvalue weighted by Gasteiger charge is -2.36. The normalized spacial score (nSPS) is 26.5. The highest BCUT2D eigenvalue weighted by Crippen LogP contribution is 2.17. The van der Waals surface area contributed by atoms with E-state index in [1.165, 1.54) is 142 Å². The van der Waals surface area contributed by atoms with Gasteiger partial charge in [0.25, 0.3) is 0 Å². The molecule has 0 aromatic rings. The molecule has 0 atom stereocenters. The Morgan fingerprint density at radius 3 is 0.583 bits per heavy atom. The molecule has 24 heavy (non-hydrogen) atoms. The zero-order chi connectivity index (χ0) is 16.7. The van der Waals surface area contributed by atoms with Crippen molar-refractivity contribution in [1.82, 2.24) is 10.0 Å². The lowest BCUT2D eigenvalue weighted by molar-refractivity contribution is -0.0311. The van der Waals surface area contributed by atoms with E-state index in [0.717, 1.165) is 0 Å². The van der Waals surface area contributed by atoms with Crippen LogP contribution in [0.4, 0.5) is 0 Å². The standard InChI is InChI=1S/C22H44N2/c1-3-7-11-15-19-23(20-16-12-8-4-1)24-21-17-13-9-5-2-6-10-14-18-22-24/h1-22H2. The van der Waals surface area contributed by atoms with Crippen LogP contribution >= 0.6 is 0 Å². The van der Waals surface area contributed by atoms with Crippen molar-refractivity contribution in [2.24, 2.45) is 0 Å². The second kappa shape index (κ2) is 14.1. The zero-order valence-electron chi connectivity index (χ0n) is 16.5. The Kier molecular flexibility index (Phi) is 11.9. The summed E-state index contributed by atoms with van der Waals surface area (Å²) in [6.07, 6.45) is 26.2. The van der Waals surface area contributed by atoms with E-state index in [1.807, 2.05) is 0 Å². The van der Waals surface area contributed by atoms with Crippen molar-refractivity contribution in [1.29, 1.82) is 0 Å². The van der Waals surface area contributed by atoms with E-state index in [0.29, 0.717) is 0 Å². The van der Waals surface area contributed by atoms with Crippen molar-refractivity contribution in [2.75, 3.05) is 26.2 Å². The van der Waals surface area contributed by atoms with Gasteiger partial charge >= 0.3 is 0 Å². The SMILES string of the molecule is C1CCCCCN(N2CCCCCCCCCCC2)CCCCC1. The number of hydrogen-bond donors (Lipinski definition) is 0. The van der Waals surface area contributed by atoms with E-state index in [9.17, 15) is 0 Å². The Labute approximate surface area is 152 Å². The van der Waals surface area contributed by atoms with Gasteiger partial charge in [-0.15, -0.1) is 0 Å². The number of nitrogens with zero attached hydrogens (tertiary/aromatic N) is 2. The number of rotatable bonds is 1. The molecule has 2 nitrogen and oxygen atoms in total. The van der Waals surface area contributed by atoms with Crippen molar-refractivity contribution in [3.8, 4) is 0 Å². The van der Waals surface area contributed by atoms with Gasteiger partial charge in [-0.1, -0.05) is 89.9 Å². The van der Waals surface area contributed by atoms with Crippen molar-refractivity contribution < 1.29 is 0 Å². The summed E-state index contributed by atoms with van der Waals surface area (Å²) < 4.78 is 0. The van der Waals surface area contributed by atoms with E-state index in [2.05, 4.69) is 10.0 Å². The smallest absolute Gasteiger partial charge is 0.0133 e. The van der Waals surface area contributed by atoms with Crippen LogP contribution in [0.5, 0.6) is 0 Å². The average Bonchev–Trinajstić information content (AvgIpc) is 2.56. The molecule has 2 aliphatic rings. The third-order valence-corrected chi connectivity index (χ3v) is 6.06. The summed E-state index contributed by atoms with van der Waals surface area (Å²) in [5.74, 6) is 0. The van der Waals surface area contributed by atoms with Crippen LogP contribution in [0.1, 0.15) is 116 Å². The molecule has 2 fully saturated rings. The van der Waals surface area contributed by atoms with Gasteiger partial charge in [-0.05, 0) is 25.7 Å². The van der Waals surface area contributed by atoms with Crippen molar-refractivity contribution in [2.45, 2.75) is 116 Å². The van der Waals surface area contributed by atoms with Crippen molar-refractivity contribution in [3.63, 3.8) is 0 Å². The summed E-state index contributed by atoms with van der Waals surface area (Å²) >= 11 is 0. The van der Waals surface area contributed by atoms with Gasteiger partial charge in [0.1, 0.15) is 0 Å². The Morgan fingerprint density at radius 1 is 0.208 bits per heavy atom. The molecule has 0 aliphatic carbocycles. The minimum atomic E-state index is 1.32. The molecule has 0 amide bonds. The maximum absolute atomic E-state index is 2.77. The van der Waals surface area contributed by atoms with Gasteiger partial charge in [0.15, 0.2) is 0 Å². The molecular weight excluding hydrogens is 292 g/mol. The second-order valence-electron chi connectivity index (χ2n) is 8.27. The molecule has 2 heterocycles. The molecule has 0 radical (unpaired) electrons. The van der Waals surface area contributed by atoms with Crippen LogP contribution in [-0.2, 0) is 0 Å². The van der Waals surface area contributed by atoms with Crippen LogP contribution < -0.4 is 0 Å². The molecule has 2 rings (SSSR count). The predicted molar refractivity (Wildman–Crippen MR) is 106 cm³/mol. The molecule has 0 bridgehead atoms. The minimum absolute atomic E-state index is 1.32. The first-order valence-electron chi connectivity index (χ1n) is 11.5. The third-order valence-electron chi connectivity index (χ3n) is 6.06.